The van der Waals surface area contributed by atoms with Gasteiger partial charge in [-0.05, 0) is 35.7 Å². The van der Waals surface area contributed by atoms with E-state index in [1.54, 1.807) is 0 Å². The van der Waals surface area contributed by atoms with Crippen LogP contribution in [0.5, 0.6) is 0 Å². The first-order valence-electron chi connectivity index (χ1n) is 7.21. The molecular formula is C18H16ClNO2. The van der Waals surface area contributed by atoms with Crippen LogP contribution in [0.25, 0.3) is 11.0 Å². The number of nitrogens with one attached hydrogen (secondary N) is 1. The minimum absolute atomic E-state index is 0.336. The smallest absolute Gasteiger partial charge is 0.336 e. The lowest BCUT2D eigenvalue weighted by molar-refractivity contribution is 0.559. The maximum atomic E-state index is 11.8. The van der Waals surface area contributed by atoms with Gasteiger partial charge in [0, 0.05) is 18.0 Å². The van der Waals surface area contributed by atoms with Crippen molar-refractivity contribution in [3.05, 3.63) is 75.1 Å². The van der Waals surface area contributed by atoms with Gasteiger partial charge in [0.2, 0.25) is 0 Å². The molecule has 0 radical (unpaired) electrons. The lowest BCUT2D eigenvalue weighted by Crippen LogP contribution is -2.06. The SMILES string of the molecule is CCc1ccc2c(CNc3ccccc3Cl)cc(=O)oc2c1. The molecule has 0 amide bonds. The number of fused-ring (bicyclic) bond motifs is 1. The van der Waals surface area contributed by atoms with Crippen molar-refractivity contribution in [2.45, 2.75) is 19.9 Å². The molecule has 1 N–H and O–H groups in total. The highest BCUT2D eigenvalue weighted by Gasteiger charge is 2.07. The van der Waals surface area contributed by atoms with Gasteiger partial charge in [-0.15, -0.1) is 0 Å². The topological polar surface area (TPSA) is 42.2 Å². The summed E-state index contributed by atoms with van der Waals surface area (Å²) in [5, 5.41) is 4.86. The minimum Gasteiger partial charge on any atom is -0.423 e. The molecule has 0 spiro atoms. The second-order valence-electron chi connectivity index (χ2n) is 5.11. The van der Waals surface area contributed by atoms with Gasteiger partial charge in [-0.2, -0.15) is 0 Å². The van der Waals surface area contributed by atoms with E-state index in [4.69, 9.17) is 16.0 Å². The Morgan fingerprint density at radius 1 is 1.14 bits per heavy atom. The second kappa shape index (κ2) is 6.24. The van der Waals surface area contributed by atoms with Crippen LogP contribution in [0.1, 0.15) is 18.1 Å². The van der Waals surface area contributed by atoms with Crippen molar-refractivity contribution in [2.75, 3.05) is 5.32 Å². The van der Waals surface area contributed by atoms with E-state index >= 15 is 0 Å². The third-order valence-corrected chi connectivity index (χ3v) is 3.98. The number of anilines is 1. The van der Waals surface area contributed by atoms with Crippen LogP contribution in [0.3, 0.4) is 0 Å². The van der Waals surface area contributed by atoms with Crippen LogP contribution >= 0.6 is 11.6 Å². The number of rotatable bonds is 4. The Morgan fingerprint density at radius 3 is 2.73 bits per heavy atom. The van der Waals surface area contributed by atoms with Crippen LogP contribution in [-0.4, -0.2) is 0 Å². The van der Waals surface area contributed by atoms with Crippen molar-refractivity contribution < 1.29 is 4.42 Å². The molecule has 4 heteroatoms. The van der Waals surface area contributed by atoms with E-state index in [2.05, 4.69) is 18.3 Å². The Labute approximate surface area is 133 Å². The van der Waals surface area contributed by atoms with Crippen molar-refractivity contribution in [1.82, 2.24) is 0 Å². The normalized spacial score (nSPS) is 10.8. The highest BCUT2D eigenvalue weighted by Crippen LogP contribution is 2.23. The van der Waals surface area contributed by atoms with E-state index in [1.807, 2.05) is 36.4 Å². The van der Waals surface area contributed by atoms with Crippen molar-refractivity contribution in [3.8, 4) is 0 Å². The lowest BCUT2D eigenvalue weighted by Gasteiger charge is -2.10. The van der Waals surface area contributed by atoms with Crippen LogP contribution in [0.4, 0.5) is 5.69 Å². The number of halogens is 1. The zero-order valence-electron chi connectivity index (χ0n) is 12.2. The summed E-state index contributed by atoms with van der Waals surface area (Å²) in [5.41, 5.74) is 3.18. The van der Waals surface area contributed by atoms with Crippen molar-refractivity contribution >= 4 is 28.3 Å². The maximum Gasteiger partial charge on any atom is 0.336 e. The highest BCUT2D eigenvalue weighted by atomic mass is 35.5. The fraction of sp³-hybridized carbons (Fsp3) is 0.167. The molecule has 3 rings (SSSR count). The Kier molecular flexibility index (Phi) is 4.16. The zero-order valence-corrected chi connectivity index (χ0v) is 13.0. The van der Waals surface area contributed by atoms with Gasteiger partial charge in [0.05, 0.1) is 10.7 Å². The summed E-state index contributed by atoms with van der Waals surface area (Å²) in [6.45, 7) is 2.58. The largest absolute Gasteiger partial charge is 0.423 e. The molecule has 0 aliphatic rings. The van der Waals surface area contributed by atoms with Gasteiger partial charge in [0.25, 0.3) is 0 Å². The van der Waals surface area contributed by atoms with Gasteiger partial charge in [0.15, 0.2) is 0 Å². The first kappa shape index (κ1) is 14.7. The first-order valence-corrected chi connectivity index (χ1v) is 7.59. The van der Waals surface area contributed by atoms with E-state index in [9.17, 15) is 4.79 Å². The van der Waals surface area contributed by atoms with Crippen LogP contribution in [0.15, 0.2) is 57.7 Å². The lowest BCUT2D eigenvalue weighted by atomic mass is 10.1. The molecular weight excluding hydrogens is 298 g/mol. The summed E-state index contributed by atoms with van der Waals surface area (Å²) < 4.78 is 5.31. The van der Waals surface area contributed by atoms with E-state index in [0.29, 0.717) is 17.2 Å². The molecule has 0 saturated carbocycles. The predicted molar refractivity (Wildman–Crippen MR) is 90.6 cm³/mol. The number of aryl methyl sites for hydroxylation is 1. The van der Waals surface area contributed by atoms with Gasteiger partial charge >= 0.3 is 5.63 Å². The van der Waals surface area contributed by atoms with Gasteiger partial charge in [-0.3, -0.25) is 0 Å². The average Bonchev–Trinajstić information content (AvgIpc) is 2.53. The monoisotopic (exact) mass is 313 g/mol. The number of hydrogen-bond acceptors (Lipinski definition) is 3. The molecule has 112 valence electrons. The summed E-state index contributed by atoms with van der Waals surface area (Å²) in [5.74, 6) is 0. The number of benzene rings is 2. The van der Waals surface area contributed by atoms with E-state index in [0.717, 1.165) is 28.6 Å². The molecule has 3 aromatic rings. The summed E-state index contributed by atoms with van der Waals surface area (Å²) in [7, 11) is 0. The van der Waals surface area contributed by atoms with Gasteiger partial charge in [0.1, 0.15) is 5.58 Å². The van der Waals surface area contributed by atoms with E-state index < -0.39 is 0 Å². The standard InChI is InChI=1S/C18H16ClNO2/c1-2-12-7-8-14-13(10-18(21)22-17(14)9-12)11-20-16-6-4-3-5-15(16)19/h3-10,20H,2,11H2,1H3. The third kappa shape index (κ3) is 3.00. The molecule has 0 atom stereocenters. The summed E-state index contributed by atoms with van der Waals surface area (Å²) in [6.07, 6.45) is 0.905. The Balaban J connectivity index is 1.96. The Hall–Kier alpha value is -2.26. The van der Waals surface area contributed by atoms with Crippen molar-refractivity contribution in [2.24, 2.45) is 0 Å². The summed E-state index contributed by atoms with van der Waals surface area (Å²) in [6, 6.07) is 15.0. The molecule has 1 heterocycles. The second-order valence-corrected chi connectivity index (χ2v) is 5.52. The molecule has 0 bridgehead atoms. The molecule has 0 fully saturated rings. The summed E-state index contributed by atoms with van der Waals surface area (Å²) in [4.78, 5) is 11.8. The van der Waals surface area contributed by atoms with Gasteiger partial charge < -0.3 is 9.73 Å². The van der Waals surface area contributed by atoms with Gasteiger partial charge in [-0.1, -0.05) is 42.8 Å². The van der Waals surface area contributed by atoms with E-state index in [1.165, 1.54) is 6.07 Å². The van der Waals surface area contributed by atoms with Crippen LogP contribution in [0, 0.1) is 0 Å². The first-order chi connectivity index (χ1) is 10.7. The fourth-order valence-corrected chi connectivity index (χ4v) is 2.64. The Morgan fingerprint density at radius 2 is 1.95 bits per heavy atom. The summed E-state index contributed by atoms with van der Waals surface area (Å²) >= 11 is 6.14. The number of para-hydroxylation sites is 1. The molecule has 3 nitrogen and oxygen atoms in total. The molecule has 2 aromatic carbocycles. The molecule has 0 aliphatic heterocycles. The van der Waals surface area contributed by atoms with Crippen LogP contribution in [-0.2, 0) is 13.0 Å². The average molecular weight is 314 g/mol. The van der Waals surface area contributed by atoms with Crippen molar-refractivity contribution in [1.29, 1.82) is 0 Å². The molecule has 0 aliphatic carbocycles. The maximum absolute atomic E-state index is 11.8. The molecule has 0 unspecified atom stereocenters. The van der Waals surface area contributed by atoms with Crippen LogP contribution < -0.4 is 10.9 Å². The van der Waals surface area contributed by atoms with Crippen molar-refractivity contribution in [3.63, 3.8) is 0 Å². The Bertz CT molecular complexity index is 870. The molecule has 1 aromatic heterocycles. The third-order valence-electron chi connectivity index (χ3n) is 3.65. The number of hydrogen-bond donors (Lipinski definition) is 1. The van der Waals surface area contributed by atoms with Gasteiger partial charge in [-0.25, -0.2) is 4.79 Å². The highest BCUT2D eigenvalue weighted by molar-refractivity contribution is 6.33. The molecule has 0 saturated heterocycles. The molecule has 22 heavy (non-hydrogen) atoms. The predicted octanol–water partition coefficient (Wildman–Crippen LogP) is 4.62. The fourth-order valence-electron chi connectivity index (χ4n) is 2.44. The minimum atomic E-state index is -0.336. The van der Waals surface area contributed by atoms with Crippen LogP contribution in [0.2, 0.25) is 5.02 Å². The van der Waals surface area contributed by atoms with E-state index in [-0.39, 0.29) is 5.63 Å². The quantitative estimate of drug-likeness (QED) is 0.715. The zero-order chi connectivity index (χ0) is 15.5.